The molecular weight excluding hydrogens is 234 g/mol. The highest BCUT2D eigenvalue weighted by Gasteiger charge is 1.86. The first-order valence-corrected chi connectivity index (χ1v) is 6.59. The monoisotopic (exact) mass is 255 g/mol. The van der Waals surface area contributed by atoms with E-state index in [1.165, 1.54) is 0 Å². The van der Waals surface area contributed by atoms with Gasteiger partial charge in [0.1, 0.15) is 0 Å². The van der Waals surface area contributed by atoms with Gasteiger partial charge in [-0.05, 0) is 37.4 Å². The summed E-state index contributed by atoms with van der Waals surface area (Å²) in [6, 6.07) is 19.4. The van der Waals surface area contributed by atoms with Crippen molar-refractivity contribution in [1.29, 1.82) is 0 Å². The summed E-state index contributed by atoms with van der Waals surface area (Å²) in [5, 5.41) is 11.3. The second-order valence-corrected chi connectivity index (χ2v) is 3.83. The van der Waals surface area contributed by atoms with Crippen LogP contribution in [0.3, 0.4) is 0 Å². The molecule has 3 nitrogen and oxygen atoms in total. The van der Waals surface area contributed by atoms with Crippen molar-refractivity contribution in [3.05, 3.63) is 60.7 Å². The van der Waals surface area contributed by atoms with E-state index in [0.29, 0.717) is 0 Å². The molecule has 0 spiro atoms. The van der Waals surface area contributed by atoms with Gasteiger partial charge in [0.05, 0.1) is 11.4 Å². The van der Waals surface area contributed by atoms with Gasteiger partial charge in [-0.15, -0.1) is 0 Å². The Balaban J connectivity index is 0.000000312. The zero-order valence-corrected chi connectivity index (χ0v) is 11.6. The Kier molecular flexibility index (Phi) is 7.90. The minimum atomic E-state index is 0.872. The van der Waals surface area contributed by atoms with E-state index in [-0.39, 0.29) is 0 Å². The Morgan fingerprint density at radius 2 is 1.05 bits per heavy atom. The maximum atomic E-state index is 4.10. The number of nitrogens with zero attached hydrogens (tertiary/aromatic N) is 2. The van der Waals surface area contributed by atoms with Crippen molar-refractivity contribution >= 4 is 11.4 Å². The Morgan fingerprint density at radius 3 is 1.32 bits per heavy atom. The van der Waals surface area contributed by atoms with Crippen molar-refractivity contribution in [2.75, 3.05) is 13.1 Å². The molecular formula is C16H21N3. The van der Waals surface area contributed by atoms with Gasteiger partial charge in [0.15, 0.2) is 0 Å². The molecule has 0 radical (unpaired) electrons. The fourth-order valence-corrected chi connectivity index (χ4v) is 1.35. The van der Waals surface area contributed by atoms with Gasteiger partial charge < -0.3 is 5.32 Å². The molecule has 19 heavy (non-hydrogen) atoms. The zero-order chi connectivity index (χ0) is 13.8. The summed E-state index contributed by atoms with van der Waals surface area (Å²) in [7, 11) is 0. The van der Waals surface area contributed by atoms with Crippen LogP contribution in [0.15, 0.2) is 70.9 Å². The molecule has 1 N–H and O–H groups in total. The lowest BCUT2D eigenvalue weighted by molar-refractivity contribution is 0.762. The number of hydrogen-bond donors (Lipinski definition) is 1. The van der Waals surface area contributed by atoms with Crippen molar-refractivity contribution in [1.82, 2.24) is 5.32 Å². The highest BCUT2D eigenvalue weighted by Crippen LogP contribution is 2.16. The molecule has 2 aromatic rings. The molecule has 2 aromatic carbocycles. The number of hydrogen-bond acceptors (Lipinski definition) is 3. The van der Waals surface area contributed by atoms with Gasteiger partial charge in [0, 0.05) is 0 Å². The lowest BCUT2D eigenvalue weighted by Gasteiger charge is -1.91. The normalized spacial score (nSPS) is 10.0. The van der Waals surface area contributed by atoms with Gasteiger partial charge >= 0.3 is 0 Å². The highest BCUT2D eigenvalue weighted by atomic mass is 15.1. The highest BCUT2D eigenvalue weighted by molar-refractivity contribution is 5.39. The predicted molar refractivity (Wildman–Crippen MR) is 81.3 cm³/mol. The first-order valence-electron chi connectivity index (χ1n) is 6.59. The average Bonchev–Trinajstić information content (AvgIpc) is 2.49. The third-order valence-electron chi connectivity index (χ3n) is 2.29. The van der Waals surface area contributed by atoms with Crippen LogP contribution in [0, 0.1) is 0 Å². The molecule has 0 unspecified atom stereocenters. The van der Waals surface area contributed by atoms with Crippen molar-refractivity contribution in [3.8, 4) is 0 Å². The van der Waals surface area contributed by atoms with Crippen LogP contribution in [0.25, 0.3) is 0 Å². The van der Waals surface area contributed by atoms with Crippen LogP contribution in [0.2, 0.25) is 0 Å². The fourth-order valence-electron chi connectivity index (χ4n) is 1.35. The van der Waals surface area contributed by atoms with Crippen LogP contribution in [0.4, 0.5) is 11.4 Å². The summed E-state index contributed by atoms with van der Waals surface area (Å²) < 4.78 is 0. The van der Waals surface area contributed by atoms with Crippen LogP contribution in [-0.4, -0.2) is 13.1 Å². The topological polar surface area (TPSA) is 36.8 Å². The van der Waals surface area contributed by atoms with Crippen LogP contribution in [0.5, 0.6) is 0 Å². The third kappa shape index (κ3) is 7.11. The van der Waals surface area contributed by atoms with E-state index in [0.717, 1.165) is 24.5 Å². The molecule has 0 aromatic heterocycles. The van der Waals surface area contributed by atoms with E-state index in [4.69, 9.17) is 0 Å². The van der Waals surface area contributed by atoms with Crippen LogP contribution >= 0.6 is 0 Å². The first kappa shape index (κ1) is 15.1. The minimum Gasteiger partial charge on any atom is -0.317 e. The Labute approximate surface area is 115 Å². The average molecular weight is 255 g/mol. The van der Waals surface area contributed by atoms with Crippen molar-refractivity contribution in [2.24, 2.45) is 10.2 Å². The van der Waals surface area contributed by atoms with Crippen LogP contribution in [0.1, 0.15) is 13.8 Å². The third-order valence-corrected chi connectivity index (χ3v) is 2.29. The van der Waals surface area contributed by atoms with E-state index in [2.05, 4.69) is 29.4 Å². The quantitative estimate of drug-likeness (QED) is 0.789. The fraction of sp³-hybridized carbons (Fsp3) is 0.250. The van der Waals surface area contributed by atoms with Gasteiger partial charge in [-0.1, -0.05) is 50.2 Å². The Morgan fingerprint density at radius 1 is 0.684 bits per heavy atom. The number of benzene rings is 2. The molecule has 0 atom stereocenters. The standard InChI is InChI=1S/C12H10N2.C4H11N/c1-3-7-11(8-4-1)13-14-12-9-5-2-6-10-12;1-3-5-4-2/h1-10H;5H,3-4H2,1-2H3/b14-13+;. The predicted octanol–water partition coefficient (Wildman–Crippen LogP) is 4.72. The van der Waals surface area contributed by atoms with Crippen molar-refractivity contribution in [2.45, 2.75) is 13.8 Å². The SMILES string of the molecule is CCNCC.c1ccc(/N=N/c2ccccc2)cc1. The van der Waals surface area contributed by atoms with E-state index in [1.54, 1.807) is 0 Å². The second kappa shape index (κ2) is 9.97. The van der Waals surface area contributed by atoms with Gasteiger partial charge in [0.25, 0.3) is 0 Å². The van der Waals surface area contributed by atoms with Crippen molar-refractivity contribution in [3.63, 3.8) is 0 Å². The van der Waals surface area contributed by atoms with Gasteiger partial charge in [-0.3, -0.25) is 0 Å². The molecule has 0 aliphatic rings. The van der Waals surface area contributed by atoms with Gasteiger partial charge in [0.2, 0.25) is 0 Å². The largest absolute Gasteiger partial charge is 0.317 e. The summed E-state index contributed by atoms with van der Waals surface area (Å²) in [5.74, 6) is 0. The van der Waals surface area contributed by atoms with E-state index in [1.807, 2.05) is 60.7 Å². The lowest BCUT2D eigenvalue weighted by Crippen LogP contribution is -2.09. The maximum absolute atomic E-state index is 4.10. The molecule has 0 fully saturated rings. The molecule has 3 heteroatoms. The molecule has 0 saturated heterocycles. The van der Waals surface area contributed by atoms with Crippen LogP contribution < -0.4 is 5.32 Å². The van der Waals surface area contributed by atoms with E-state index < -0.39 is 0 Å². The Hall–Kier alpha value is -2.00. The Bertz CT molecular complexity index is 408. The molecule has 0 heterocycles. The van der Waals surface area contributed by atoms with E-state index >= 15 is 0 Å². The molecule has 0 aliphatic heterocycles. The summed E-state index contributed by atoms with van der Waals surface area (Å²) >= 11 is 0. The van der Waals surface area contributed by atoms with E-state index in [9.17, 15) is 0 Å². The number of azo groups is 1. The minimum absolute atomic E-state index is 0.872. The van der Waals surface area contributed by atoms with Crippen molar-refractivity contribution < 1.29 is 0 Å². The van der Waals surface area contributed by atoms with Gasteiger partial charge in [-0.2, -0.15) is 10.2 Å². The summed E-state index contributed by atoms with van der Waals surface area (Å²) in [4.78, 5) is 0. The first-order chi connectivity index (χ1) is 9.36. The van der Waals surface area contributed by atoms with Crippen LogP contribution in [-0.2, 0) is 0 Å². The maximum Gasteiger partial charge on any atom is 0.0857 e. The number of nitrogens with one attached hydrogen (secondary N) is 1. The summed E-state index contributed by atoms with van der Waals surface area (Å²) in [6.07, 6.45) is 0. The second-order valence-electron chi connectivity index (χ2n) is 3.83. The zero-order valence-electron chi connectivity index (χ0n) is 11.6. The lowest BCUT2D eigenvalue weighted by atomic mass is 10.3. The summed E-state index contributed by atoms with van der Waals surface area (Å²) in [5.41, 5.74) is 1.74. The summed E-state index contributed by atoms with van der Waals surface area (Å²) in [6.45, 7) is 6.39. The molecule has 0 saturated carbocycles. The van der Waals surface area contributed by atoms with Gasteiger partial charge in [-0.25, -0.2) is 0 Å². The molecule has 0 amide bonds. The number of rotatable bonds is 4. The smallest absolute Gasteiger partial charge is 0.0857 e. The molecule has 0 bridgehead atoms. The molecule has 0 aliphatic carbocycles. The molecule has 100 valence electrons. The molecule has 2 rings (SSSR count).